The van der Waals surface area contributed by atoms with E-state index < -0.39 is 0 Å². The topological polar surface area (TPSA) is 53.7 Å². The molecule has 0 saturated carbocycles. The maximum atomic E-state index is 12.4. The first-order valence-corrected chi connectivity index (χ1v) is 8.93. The molecule has 4 heterocycles. The highest BCUT2D eigenvalue weighted by Crippen LogP contribution is 2.14. The fourth-order valence-electron chi connectivity index (χ4n) is 3.06. The average Bonchev–Trinajstić information content (AvgIpc) is 3.22. The zero-order valence-electron chi connectivity index (χ0n) is 13.6. The van der Waals surface area contributed by atoms with Gasteiger partial charge < -0.3 is 9.30 Å². The smallest absolute Gasteiger partial charge is 0.273 e. The Bertz CT molecular complexity index is 863. The van der Waals surface area contributed by atoms with E-state index in [1.54, 1.807) is 0 Å². The van der Waals surface area contributed by atoms with Crippen LogP contribution in [-0.4, -0.2) is 56.3 Å². The van der Waals surface area contributed by atoms with E-state index in [1.165, 1.54) is 17.0 Å². The van der Waals surface area contributed by atoms with Gasteiger partial charge in [0.25, 0.3) is 5.91 Å². The molecule has 6 nitrogen and oxygen atoms in total. The molecule has 0 aliphatic carbocycles. The highest BCUT2D eigenvalue weighted by molar-refractivity contribution is 7.09. The third-order valence-corrected chi connectivity index (χ3v) is 5.15. The van der Waals surface area contributed by atoms with E-state index in [1.807, 2.05) is 47.8 Å². The van der Waals surface area contributed by atoms with Crippen LogP contribution in [0.2, 0.25) is 0 Å². The molecular formula is C17H19N5OS. The second kappa shape index (κ2) is 6.33. The monoisotopic (exact) mass is 341 g/mol. The summed E-state index contributed by atoms with van der Waals surface area (Å²) in [5, 5.41) is 2.78. The first-order valence-electron chi connectivity index (χ1n) is 8.05. The summed E-state index contributed by atoms with van der Waals surface area (Å²) in [6.07, 6.45) is 3.98. The van der Waals surface area contributed by atoms with Crippen LogP contribution in [0.25, 0.3) is 5.65 Å². The summed E-state index contributed by atoms with van der Waals surface area (Å²) in [5.74, 6) is 0.0498. The van der Waals surface area contributed by atoms with Crippen molar-refractivity contribution in [1.29, 1.82) is 0 Å². The second-order valence-corrected chi connectivity index (χ2v) is 7.06. The Morgan fingerprint density at radius 2 is 2.08 bits per heavy atom. The van der Waals surface area contributed by atoms with Crippen LogP contribution in [0, 0.1) is 6.92 Å². The summed E-state index contributed by atoms with van der Waals surface area (Å²) in [5.41, 5.74) is 2.73. The molecule has 7 heteroatoms. The number of aromatic nitrogens is 3. The van der Waals surface area contributed by atoms with Gasteiger partial charge in [0, 0.05) is 44.3 Å². The molecule has 124 valence electrons. The van der Waals surface area contributed by atoms with Gasteiger partial charge in [-0.3, -0.25) is 9.69 Å². The fraction of sp³-hybridized carbons (Fsp3) is 0.353. The van der Waals surface area contributed by atoms with Gasteiger partial charge in [-0.25, -0.2) is 9.97 Å². The molecule has 1 aliphatic rings. The molecule has 4 rings (SSSR count). The van der Waals surface area contributed by atoms with Gasteiger partial charge in [-0.1, -0.05) is 6.07 Å². The number of piperazine rings is 1. The summed E-state index contributed by atoms with van der Waals surface area (Å²) in [6.45, 7) is 6.00. The molecule has 0 aromatic carbocycles. The van der Waals surface area contributed by atoms with Crippen molar-refractivity contribution < 1.29 is 4.79 Å². The minimum Gasteiger partial charge on any atom is -0.335 e. The Kier molecular flexibility index (Phi) is 4.03. The maximum absolute atomic E-state index is 12.4. The molecule has 3 aromatic heterocycles. The quantitative estimate of drug-likeness (QED) is 0.732. The zero-order chi connectivity index (χ0) is 16.5. The van der Waals surface area contributed by atoms with Crippen LogP contribution in [0.1, 0.15) is 21.2 Å². The molecule has 0 atom stereocenters. The van der Waals surface area contributed by atoms with E-state index in [-0.39, 0.29) is 5.91 Å². The summed E-state index contributed by atoms with van der Waals surface area (Å²) < 4.78 is 2.12. The molecule has 0 unspecified atom stereocenters. The molecule has 1 amide bonds. The number of fused-ring (bicyclic) bond motifs is 1. The molecule has 0 radical (unpaired) electrons. The van der Waals surface area contributed by atoms with Crippen molar-refractivity contribution in [3.63, 3.8) is 0 Å². The normalized spacial score (nSPS) is 16.0. The van der Waals surface area contributed by atoms with Gasteiger partial charge in [-0.05, 0) is 19.1 Å². The highest BCUT2D eigenvalue weighted by atomic mass is 32.1. The third kappa shape index (κ3) is 2.92. The number of amides is 1. The molecule has 0 bridgehead atoms. The molecule has 1 aliphatic heterocycles. The van der Waals surface area contributed by atoms with Crippen molar-refractivity contribution in [3.8, 4) is 0 Å². The van der Waals surface area contributed by atoms with Crippen LogP contribution in [-0.2, 0) is 6.54 Å². The van der Waals surface area contributed by atoms with Crippen LogP contribution in [0.15, 0.2) is 36.0 Å². The second-order valence-electron chi connectivity index (χ2n) is 6.00. The number of imidazole rings is 1. The summed E-state index contributed by atoms with van der Waals surface area (Å²) in [4.78, 5) is 25.5. The Labute approximate surface area is 144 Å². The number of carbonyl (C=O) groups excluding carboxylic acids is 1. The molecule has 1 fully saturated rings. The number of rotatable bonds is 3. The van der Waals surface area contributed by atoms with Gasteiger partial charge in [0.2, 0.25) is 0 Å². The fourth-order valence-corrected chi connectivity index (χ4v) is 3.65. The van der Waals surface area contributed by atoms with Crippen molar-refractivity contribution in [2.45, 2.75) is 13.5 Å². The molecule has 1 saturated heterocycles. The molecule has 0 spiro atoms. The summed E-state index contributed by atoms with van der Waals surface area (Å²) in [6, 6.07) is 6.03. The van der Waals surface area contributed by atoms with E-state index in [9.17, 15) is 4.79 Å². The Hall–Kier alpha value is -2.25. The van der Waals surface area contributed by atoms with Gasteiger partial charge >= 0.3 is 0 Å². The largest absolute Gasteiger partial charge is 0.335 e. The predicted molar refractivity (Wildman–Crippen MR) is 93.2 cm³/mol. The molecule has 0 N–H and O–H groups in total. The number of aryl methyl sites for hydroxylation is 1. The van der Waals surface area contributed by atoms with Gasteiger partial charge in [0.1, 0.15) is 11.3 Å². The summed E-state index contributed by atoms with van der Waals surface area (Å²) in [7, 11) is 0. The molecule has 3 aromatic rings. The minimum atomic E-state index is 0.0498. The van der Waals surface area contributed by atoms with Gasteiger partial charge in [-0.2, -0.15) is 0 Å². The van der Waals surface area contributed by atoms with E-state index in [2.05, 4.69) is 19.3 Å². The van der Waals surface area contributed by atoms with Crippen molar-refractivity contribution in [3.05, 3.63) is 52.4 Å². The van der Waals surface area contributed by atoms with Gasteiger partial charge in [0.05, 0.1) is 16.9 Å². The standard InChI is InChI=1S/C17H19N5OS/c1-13-19-15(12-24-13)17(23)21-8-6-20(7-9-21)11-14-10-18-16-4-2-3-5-22(14)16/h2-5,10,12H,6-9,11H2,1H3. The average molecular weight is 341 g/mol. The highest BCUT2D eigenvalue weighted by Gasteiger charge is 2.24. The third-order valence-electron chi connectivity index (χ3n) is 4.38. The van der Waals surface area contributed by atoms with Crippen molar-refractivity contribution in [1.82, 2.24) is 24.2 Å². The maximum Gasteiger partial charge on any atom is 0.273 e. The molecular weight excluding hydrogens is 322 g/mol. The lowest BCUT2D eigenvalue weighted by molar-refractivity contribution is 0.0621. The Morgan fingerprint density at radius 1 is 1.25 bits per heavy atom. The summed E-state index contributed by atoms with van der Waals surface area (Å²) >= 11 is 1.52. The zero-order valence-corrected chi connectivity index (χ0v) is 14.4. The SMILES string of the molecule is Cc1nc(C(=O)N2CCN(Cc3cnc4ccccn34)CC2)cs1. The lowest BCUT2D eigenvalue weighted by atomic mass is 10.2. The minimum absolute atomic E-state index is 0.0498. The van der Waals surface area contributed by atoms with Crippen LogP contribution >= 0.6 is 11.3 Å². The Balaban J connectivity index is 1.38. The number of hydrogen-bond donors (Lipinski definition) is 0. The number of thiazole rings is 1. The van der Waals surface area contributed by atoms with Crippen molar-refractivity contribution in [2.75, 3.05) is 26.2 Å². The van der Waals surface area contributed by atoms with Crippen molar-refractivity contribution in [2.24, 2.45) is 0 Å². The van der Waals surface area contributed by atoms with Gasteiger partial charge in [-0.15, -0.1) is 11.3 Å². The first-order chi connectivity index (χ1) is 11.7. The number of hydrogen-bond acceptors (Lipinski definition) is 5. The van der Waals surface area contributed by atoms with Crippen molar-refractivity contribution >= 4 is 22.9 Å². The van der Waals surface area contributed by atoms with Gasteiger partial charge in [0.15, 0.2) is 0 Å². The lowest BCUT2D eigenvalue weighted by Gasteiger charge is -2.34. The van der Waals surface area contributed by atoms with E-state index >= 15 is 0 Å². The predicted octanol–water partition coefficient (Wildman–Crippen LogP) is 2.06. The lowest BCUT2D eigenvalue weighted by Crippen LogP contribution is -2.48. The van der Waals surface area contributed by atoms with Crippen LogP contribution in [0.5, 0.6) is 0 Å². The van der Waals surface area contributed by atoms with Crippen LogP contribution < -0.4 is 0 Å². The van der Waals surface area contributed by atoms with Crippen LogP contribution in [0.4, 0.5) is 0 Å². The van der Waals surface area contributed by atoms with E-state index in [0.29, 0.717) is 5.69 Å². The number of nitrogens with zero attached hydrogens (tertiary/aromatic N) is 5. The van der Waals surface area contributed by atoms with E-state index in [0.717, 1.165) is 43.4 Å². The first kappa shape index (κ1) is 15.3. The number of carbonyl (C=O) groups is 1. The van der Waals surface area contributed by atoms with E-state index in [4.69, 9.17) is 0 Å². The van der Waals surface area contributed by atoms with Crippen LogP contribution in [0.3, 0.4) is 0 Å². The molecule has 24 heavy (non-hydrogen) atoms. The number of pyridine rings is 1. The Morgan fingerprint density at radius 3 is 2.83 bits per heavy atom.